The van der Waals surface area contributed by atoms with E-state index in [9.17, 15) is 0 Å². The minimum Gasteiger partial charge on any atom is -0.365 e. The molecule has 1 N–H and O–H groups in total. The zero-order chi connectivity index (χ0) is 21.9. The summed E-state index contributed by atoms with van der Waals surface area (Å²) in [5.41, 5.74) is 5.19. The number of anilines is 1. The minimum atomic E-state index is 0.679. The van der Waals surface area contributed by atoms with Crippen LogP contribution in [0.4, 0.5) is 5.82 Å². The fraction of sp³-hybridized carbons (Fsp3) is 0.0741. The van der Waals surface area contributed by atoms with Crippen LogP contribution in [0.3, 0.4) is 0 Å². The number of hydrogen-bond acceptors (Lipinski definition) is 3. The van der Waals surface area contributed by atoms with Crippen LogP contribution < -0.4 is 5.32 Å². The molecule has 32 heavy (non-hydrogen) atoms. The lowest BCUT2D eigenvalue weighted by atomic mass is 10.2. The molecule has 0 atom stereocenters. The highest BCUT2D eigenvalue weighted by atomic mass is 35.5. The van der Waals surface area contributed by atoms with E-state index < -0.39 is 0 Å². The van der Waals surface area contributed by atoms with Crippen molar-refractivity contribution in [2.75, 3.05) is 5.32 Å². The first-order valence-corrected chi connectivity index (χ1v) is 11.5. The number of aryl methyl sites for hydroxylation is 1. The van der Waals surface area contributed by atoms with Gasteiger partial charge < -0.3 is 5.32 Å². The molecule has 0 amide bonds. The van der Waals surface area contributed by atoms with E-state index in [4.69, 9.17) is 16.6 Å². The first-order valence-electron chi connectivity index (χ1n) is 10.3. The van der Waals surface area contributed by atoms with Crippen molar-refractivity contribution in [3.8, 4) is 22.4 Å². The first kappa shape index (κ1) is 20.4. The molecule has 3 aromatic heterocycles. The van der Waals surface area contributed by atoms with Crippen LogP contribution in [0.2, 0.25) is 5.02 Å². The Bertz CT molecular complexity index is 1440. The molecule has 0 unspecified atom stereocenters. The maximum Gasteiger partial charge on any atom is 0.142 e. The molecule has 5 rings (SSSR count). The van der Waals surface area contributed by atoms with Gasteiger partial charge in [0.05, 0.1) is 9.75 Å². The molecule has 2 aromatic carbocycles. The van der Waals surface area contributed by atoms with Gasteiger partial charge in [0, 0.05) is 23.3 Å². The topological polar surface area (TPSA) is 29.3 Å². The zero-order valence-electron chi connectivity index (χ0n) is 17.5. The van der Waals surface area contributed by atoms with E-state index in [1.165, 1.54) is 0 Å². The number of rotatable bonds is 4. The van der Waals surface area contributed by atoms with Crippen molar-refractivity contribution < 1.29 is 0 Å². The van der Waals surface area contributed by atoms with Gasteiger partial charge >= 0.3 is 0 Å². The fourth-order valence-electron chi connectivity index (χ4n) is 3.52. The van der Waals surface area contributed by atoms with Gasteiger partial charge in [0.15, 0.2) is 0 Å². The largest absolute Gasteiger partial charge is 0.365 e. The number of halogens is 1. The summed E-state index contributed by atoms with van der Waals surface area (Å²) in [6.07, 6.45) is 2.05. The van der Waals surface area contributed by atoms with Gasteiger partial charge in [-0.25, -0.2) is 4.98 Å². The van der Waals surface area contributed by atoms with Gasteiger partial charge in [0.2, 0.25) is 0 Å². The maximum atomic E-state index is 6.04. The number of thiophene rings is 1. The van der Waals surface area contributed by atoms with E-state index in [-0.39, 0.29) is 0 Å². The van der Waals surface area contributed by atoms with Gasteiger partial charge in [-0.3, -0.25) is 4.40 Å². The summed E-state index contributed by atoms with van der Waals surface area (Å²) in [5, 5.41) is 4.33. The standard InChI is InChI=1S/C27H20ClN3S/c1-19-6-5-17-31-26(19)30-25(27(31)29-18-21-9-12-22(28)13-10-21)24-16-15-23(32-24)14-11-20-7-3-2-4-8-20/h2-10,12-13,15-17,29H,18H2,1H3. The lowest BCUT2D eigenvalue weighted by Gasteiger charge is -2.09. The fourth-order valence-corrected chi connectivity index (χ4v) is 4.50. The number of fused-ring (bicyclic) bond motifs is 1. The number of pyridine rings is 1. The van der Waals surface area contributed by atoms with Crippen molar-refractivity contribution in [2.45, 2.75) is 13.5 Å². The molecule has 0 saturated heterocycles. The van der Waals surface area contributed by atoms with Crippen molar-refractivity contribution in [1.29, 1.82) is 0 Å². The van der Waals surface area contributed by atoms with Gasteiger partial charge in [-0.15, -0.1) is 11.3 Å². The molecule has 0 radical (unpaired) electrons. The zero-order valence-corrected chi connectivity index (χ0v) is 19.0. The van der Waals surface area contributed by atoms with E-state index >= 15 is 0 Å². The summed E-state index contributed by atoms with van der Waals surface area (Å²) in [6.45, 7) is 2.76. The van der Waals surface area contributed by atoms with Gasteiger partial charge in [0.25, 0.3) is 0 Å². The van der Waals surface area contributed by atoms with Gasteiger partial charge in [-0.05, 0) is 60.5 Å². The Kier molecular flexibility index (Phi) is 5.68. The minimum absolute atomic E-state index is 0.679. The van der Waals surface area contributed by atoms with Crippen LogP contribution in [0.25, 0.3) is 16.2 Å². The number of hydrogen-bond donors (Lipinski definition) is 1. The van der Waals surface area contributed by atoms with Crippen LogP contribution >= 0.6 is 22.9 Å². The molecule has 3 nitrogen and oxygen atoms in total. The van der Waals surface area contributed by atoms with Crippen LogP contribution in [-0.4, -0.2) is 9.38 Å². The Morgan fingerprint density at radius 2 is 1.75 bits per heavy atom. The highest BCUT2D eigenvalue weighted by molar-refractivity contribution is 7.16. The average molecular weight is 454 g/mol. The predicted octanol–water partition coefficient (Wildman–Crippen LogP) is 7.04. The summed E-state index contributed by atoms with van der Waals surface area (Å²) >= 11 is 7.69. The Hall–Kier alpha value is -3.52. The smallest absolute Gasteiger partial charge is 0.142 e. The van der Waals surface area contributed by atoms with E-state index in [2.05, 4.69) is 46.7 Å². The van der Waals surface area contributed by atoms with Crippen LogP contribution in [0.15, 0.2) is 85.1 Å². The highest BCUT2D eigenvalue weighted by Crippen LogP contribution is 2.34. The third-order valence-electron chi connectivity index (χ3n) is 5.16. The van der Waals surface area contributed by atoms with Crippen molar-refractivity contribution in [3.63, 3.8) is 0 Å². The molecular formula is C27H20ClN3S. The summed E-state index contributed by atoms with van der Waals surface area (Å²) in [7, 11) is 0. The predicted molar refractivity (Wildman–Crippen MR) is 134 cm³/mol. The molecule has 0 aliphatic carbocycles. The van der Waals surface area contributed by atoms with Crippen LogP contribution in [0, 0.1) is 18.8 Å². The van der Waals surface area contributed by atoms with Crippen molar-refractivity contribution in [3.05, 3.63) is 112 Å². The lowest BCUT2D eigenvalue weighted by Crippen LogP contribution is -2.03. The molecule has 3 heterocycles. The molecule has 0 aliphatic heterocycles. The Morgan fingerprint density at radius 1 is 0.938 bits per heavy atom. The average Bonchev–Trinajstić information content (AvgIpc) is 3.43. The molecule has 156 valence electrons. The first-order chi connectivity index (χ1) is 15.7. The van der Waals surface area contributed by atoms with Crippen molar-refractivity contribution in [2.24, 2.45) is 0 Å². The van der Waals surface area contributed by atoms with Crippen LogP contribution in [0.1, 0.15) is 21.6 Å². The monoisotopic (exact) mass is 453 g/mol. The quantitative estimate of drug-likeness (QED) is 0.296. The second kappa shape index (κ2) is 8.92. The maximum absolute atomic E-state index is 6.04. The molecule has 0 aliphatic rings. The second-order valence-electron chi connectivity index (χ2n) is 7.45. The molecule has 5 aromatic rings. The molecule has 0 saturated carbocycles. The molecule has 5 heteroatoms. The summed E-state index contributed by atoms with van der Waals surface area (Å²) in [6, 6.07) is 26.2. The third kappa shape index (κ3) is 4.27. The Morgan fingerprint density at radius 3 is 2.56 bits per heavy atom. The number of aromatic nitrogens is 2. The van der Waals surface area contributed by atoms with E-state index in [0.717, 1.165) is 48.6 Å². The Balaban J connectivity index is 1.50. The summed E-state index contributed by atoms with van der Waals surface area (Å²) in [4.78, 5) is 7.08. The van der Waals surface area contributed by atoms with Gasteiger partial charge in [-0.2, -0.15) is 0 Å². The van der Waals surface area contributed by atoms with E-state index in [0.29, 0.717) is 6.54 Å². The van der Waals surface area contributed by atoms with E-state index in [1.807, 2.05) is 66.9 Å². The lowest BCUT2D eigenvalue weighted by molar-refractivity contribution is 1.08. The summed E-state index contributed by atoms with van der Waals surface area (Å²) in [5.74, 6) is 7.49. The molecule has 0 fully saturated rings. The molecule has 0 bridgehead atoms. The molecule has 0 spiro atoms. The highest BCUT2D eigenvalue weighted by Gasteiger charge is 2.16. The van der Waals surface area contributed by atoms with Crippen molar-refractivity contribution in [1.82, 2.24) is 9.38 Å². The Labute approximate surface area is 196 Å². The number of nitrogens with zero attached hydrogens (tertiary/aromatic N) is 2. The van der Waals surface area contributed by atoms with E-state index in [1.54, 1.807) is 11.3 Å². The third-order valence-corrected chi connectivity index (χ3v) is 6.42. The van der Waals surface area contributed by atoms with Gasteiger partial charge in [0.1, 0.15) is 17.2 Å². The second-order valence-corrected chi connectivity index (χ2v) is 8.97. The SMILES string of the molecule is Cc1cccn2c(NCc3ccc(Cl)cc3)c(-c3ccc(C#Cc4ccccc4)s3)nc12. The van der Waals surface area contributed by atoms with Gasteiger partial charge in [-0.1, -0.05) is 59.8 Å². The number of benzene rings is 2. The van der Waals surface area contributed by atoms with Crippen molar-refractivity contribution >= 4 is 34.4 Å². The van der Waals surface area contributed by atoms with Crippen LogP contribution in [-0.2, 0) is 6.54 Å². The molecular weight excluding hydrogens is 434 g/mol. The summed E-state index contributed by atoms with van der Waals surface area (Å²) < 4.78 is 2.12. The van der Waals surface area contributed by atoms with Crippen LogP contribution in [0.5, 0.6) is 0 Å². The normalized spacial score (nSPS) is 10.7. The number of imidazole rings is 1. The number of nitrogens with one attached hydrogen (secondary N) is 1.